The molecule has 2 saturated heterocycles. The molecule has 1 aromatic carbocycles. The zero-order valence-electron chi connectivity index (χ0n) is 16.3. The molecule has 2 N–H and O–H groups in total. The second-order valence-electron chi connectivity index (χ2n) is 8.25. The monoisotopic (exact) mass is 391 g/mol. The smallest absolute Gasteiger partial charge is 0.270 e. The molecule has 7 heteroatoms. The van der Waals surface area contributed by atoms with Crippen LogP contribution in [0.2, 0.25) is 0 Å². The van der Waals surface area contributed by atoms with Gasteiger partial charge in [0.15, 0.2) is 0 Å². The predicted octanol–water partition coefficient (Wildman–Crippen LogP) is 2.31. The highest BCUT2D eigenvalue weighted by Gasteiger charge is 2.48. The lowest BCUT2D eigenvalue weighted by molar-refractivity contribution is 0.0413. The molecule has 4 heterocycles. The zero-order valence-corrected chi connectivity index (χ0v) is 16.3. The Bertz CT molecular complexity index is 977. The molecule has 1 amide bonds. The Balaban J connectivity index is 1.30. The number of carbonyl (C=O) groups is 1. The number of anilines is 1. The first-order valence-electron chi connectivity index (χ1n) is 10.2. The van der Waals surface area contributed by atoms with Crippen molar-refractivity contribution in [2.75, 3.05) is 37.7 Å². The van der Waals surface area contributed by atoms with E-state index in [2.05, 4.69) is 19.9 Å². The number of hydrogen-bond acceptors (Lipinski definition) is 5. The number of aliphatic hydroxyl groups excluding tert-OH is 1. The third kappa shape index (κ3) is 3.15. The maximum absolute atomic E-state index is 13.0. The van der Waals surface area contributed by atoms with Crippen LogP contribution in [0, 0.1) is 11.3 Å². The number of rotatable bonds is 3. The number of likely N-dealkylation sites (tertiary alicyclic amines) is 1. The van der Waals surface area contributed by atoms with Crippen LogP contribution in [0.5, 0.6) is 0 Å². The molecule has 1 atom stereocenters. The summed E-state index contributed by atoms with van der Waals surface area (Å²) >= 11 is 0. The van der Waals surface area contributed by atoms with Crippen molar-refractivity contribution in [1.29, 1.82) is 0 Å². The summed E-state index contributed by atoms with van der Waals surface area (Å²) in [4.78, 5) is 28.8. The SMILES string of the molecule is O=C(c1cc2ccccc2[nH]1)N1CCC2(CC1)CN(c1ccncn1)CC2CO. The Morgan fingerprint density at radius 2 is 2.07 bits per heavy atom. The fourth-order valence-electron chi connectivity index (χ4n) is 5.01. The molecule has 2 aromatic heterocycles. The molecular formula is C22H25N5O2. The average Bonchev–Trinajstić information content (AvgIpc) is 3.36. The summed E-state index contributed by atoms with van der Waals surface area (Å²) in [6.07, 6.45) is 5.11. The normalized spacial score (nSPS) is 21.2. The number of piperidine rings is 1. The van der Waals surface area contributed by atoms with E-state index >= 15 is 0 Å². The number of amides is 1. The van der Waals surface area contributed by atoms with Crippen molar-refractivity contribution in [2.45, 2.75) is 12.8 Å². The molecule has 2 aliphatic heterocycles. The number of hydrogen-bond donors (Lipinski definition) is 2. The summed E-state index contributed by atoms with van der Waals surface area (Å²) in [5.74, 6) is 1.16. The van der Waals surface area contributed by atoms with Gasteiger partial charge in [0, 0.05) is 55.8 Å². The van der Waals surface area contributed by atoms with Crippen LogP contribution >= 0.6 is 0 Å². The van der Waals surface area contributed by atoms with Crippen molar-refractivity contribution in [2.24, 2.45) is 11.3 Å². The van der Waals surface area contributed by atoms with Crippen LogP contribution in [-0.4, -0.2) is 63.7 Å². The number of aromatic nitrogens is 3. The van der Waals surface area contributed by atoms with Crippen LogP contribution in [0.1, 0.15) is 23.3 Å². The van der Waals surface area contributed by atoms with E-state index in [4.69, 9.17) is 0 Å². The highest BCUT2D eigenvalue weighted by molar-refractivity contribution is 5.98. The summed E-state index contributed by atoms with van der Waals surface area (Å²) in [7, 11) is 0. The van der Waals surface area contributed by atoms with E-state index in [-0.39, 0.29) is 23.8 Å². The minimum Gasteiger partial charge on any atom is -0.396 e. The van der Waals surface area contributed by atoms with Crippen LogP contribution in [0.25, 0.3) is 10.9 Å². The lowest BCUT2D eigenvalue weighted by Gasteiger charge is -2.42. The standard InChI is InChI=1S/C22H25N5O2/c28-13-17-12-27(20-5-8-23-15-24-20)14-22(17)6-9-26(10-7-22)21(29)19-11-16-3-1-2-4-18(16)25-19/h1-5,8,11,15,17,25,28H,6-7,9-10,12-14H2. The quantitative estimate of drug-likeness (QED) is 0.716. The third-order valence-electron chi connectivity index (χ3n) is 6.73. The molecule has 0 aliphatic carbocycles. The highest BCUT2D eigenvalue weighted by Crippen LogP contribution is 2.45. The fraction of sp³-hybridized carbons (Fsp3) is 0.409. The molecule has 7 nitrogen and oxygen atoms in total. The van der Waals surface area contributed by atoms with Gasteiger partial charge >= 0.3 is 0 Å². The summed E-state index contributed by atoms with van der Waals surface area (Å²) in [6.45, 7) is 3.25. The Hall–Kier alpha value is -2.93. The van der Waals surface area contributed by atoms with Gasteiger partial charge in [0.25, 0.3) is 5.91 Å². The van der Waals surface area contributed by atoms with Gasteiger partial charge in [-0.2, -0.15) is 0 Å². The molecule has 3 aromatic rings. The third-order valence-corrected chi connectivity index (χ3v) is 6.73. The Labute approximate surface area is 169 Å². The number of aliphatic hydroxyl groups is 1. The molecule has 0 bridgehead atoms. The van der Waals surface area contributed by atoms with Crippen LogP contribution in [-0.2, 0) is 0 Å². The molecule has 2 fully saturated rings. The minimum atomic E-state index is 0.0247. The van der Waals surface area contributed by atoms with E-state index in [1.165, 1.54) is 0 Å². The van der Waals surface area contributed by atoms with Crippen molar-refractivity contribution in [3.8, 4) is 0 Å². The van der Waals surface area contributed by atoms with Crippen LogP contribution in [0.15, 0.2) is 48.9 Å². The summed E-state index contributed by atoms with van der Waals surface area (Å²) in [5, 5.41) is 11.1. The van der Waals surface area contributed by atoms with Crippen molar-refractivity contribution < 1.29 is 9.90 Å². The van der Waals surface area contributed by atoms with Gasteiger partial charge in [-0.05, 0) is 36.5 Å². The van der Waals surface area contributed by atoms with E-state index in [1.807, 2.05) is 41.3 Å². The van der Waals surface area contributed by atoms with Gasteiger partial charge < -0.3 is 19.9 Å². The highest BCUT2D eigenvalue weighted by atomic mass is 16.3. The first kappa shape index (κ1) is 18.1. The number of H-pyrrole nitrogens is 1. The number of fused-ring (bicyclic) bond motifs is 1. The molecule has 29 heavy (non-hydrogen) atoms. The first-order valence-corrected chi connectivity index (χ1v) is 10.2. The van der Waals surface area contributed by atoms with Crippen molar-refractivity contribution in [3.05, 3.63) is 54.6 Å². The lowest BCUT2D eigenvalue weighted by Crippen LogP contribution is -2.47. The molecule has 150 valence electrons. The van der Waals surface area contributed by atoms with Gasteiger partial charge in [0.1, 0.15) is 17.8 Å². The molecule has 1 unspecified atom stereocenters. The predicted molar refractivity (Wildman–Crippen MR) is 111 cm³/mol. The van der Waals surface area contributed by atoms with Crippen molar-refractivity contribution in [1.82, 2.24) is 19.9 Å². The number of nitrogens with zero attached hydrogens (tertiary/aromatic N) is 4. The van der Waals surface area contributed by atoms with Gasteiger partial charge in [-0.25, -0.2) is 9.97 Å². The van der Waals surface area contributed by atoms with E-state index in [0.29, 0.717) is 18.8 Å². The number of aromatic amines is 1. The topological polar surface area (TPSA) is 85.4 Å². The lowest BCUT2D eigenvalue weighted by atomic mass is 9.71. The van der Waals surface area contributed by atoms with E-state index in [0.717, 1.165) is 42.7 Å². The molecule has 0 radical (unpaired) electrons. The maximum Gasteiger partial charge on any atom is 0.270 e. The fourth-order valence-corrected chi connectivity index (χ4v) is 5.01. The summed E-state index contributed by atoms with van der Waals surface area (Å²) < 4.78 is 0. The van der Waals surface area contributed by atoms with Gasteiger partial charge in [-0.1, -0.05) is 18.2 Å². The van der Waals surface area contributed by atoms with E-state index < -0.39 is 0 Å². The Morgan fingerprint density at radius 3 is 2.79 bits per heavy atom. The number of benzene rings is 1. The van der Waals surface area contributed by atoms with Gasteiger partial charge in [-0.15, -0.1) is 0 Å². The number of nitrogens with one attached hydrogen (secondary N) is 1. The Morgan fingerprint density at radius 1 is 1.24 bits per heavy atom. The molecule has 0 saturated carbocycles. The second-order valence-corrected chi connectivity index (χ2v) is 8.25. The second kappa shape index (κ2) is 7.15. The maximum atomic E-state index is 13.0. The van der Waals surface area contributed by atoms with Crippen LogP contribution in [0.4, 0.5) is 5.82 Å². The van der Waals surface area contributed by atoms with Gasteiger partial charge in [0.2, 0.25) is 0 Å². The number of carbonyl (C=O) groups excluding carboxylic acids is 1. The summed E-state index contributed by atoms with van der Waals surface area (Å²) in [6, 6.07) is 11.8. The van der Waals surface area contributed by atoms with E-state index in [1.54, 1.807) is 12.5 Å². The van der Waals surface area contributed by atoms with Crippen molar-refractivity contribution in [3.63, 3.8) is 0 Å². The van der Waals surface area contributed by atoms with Crippen molar-refractivity contribution >= 4 is 22.6 Å². The number of para-hydroxylation sites is 1. The average molecular weight is 391 g/mol. The molecule has 2 aliphatic rings. The van der Waals surface area contributed by atoms with Gasteiger partial charge in [-0.3, -0.25) is 4.79 Å². The zero-order chi connectivity index (χ0) is 19.8. The Kier molecular flexibility index (Phi) is 4.47. The first-order chi connectivity index (χ1) is 14.2. The van der Waals surface area contributed by atoms with Gasteiger partial charge in [0.05, 0.1) is 0 Å². The largest absolute Gasteiger partial charge is 0.396 e. The van der Waals surface area contributed by atoms with E-state index in [9.17, 15) is 9.90 Å². The van der Waals surface area contributed by atoms with Crippen LogP contribution < -0.4 is 4.90 Å². The molecule has 1 spiro atoms. The molecular weight excluding hydrogens is 366 g/mol. The minimum absolute atomic E-state index is 0.0247. The summed E-state index contributed by atoms with van der Waals surface area (Å²) in [5.41, 5.74) is 1.66. The molecule has 5 rings (SSSR count). The van der Waals surface area contributed by atoms with Crippen LogP contribution in [0.3, 0.4) is 0 Å².